The average molecular weight is 438 g/mol. The molecule has 0 aliphatic heterocycles. The smallest absolute Gasteiger partial charge is 0.322 e. The van der Waals surface area contributed by atoms with Crippen LogP contribution in [0.4, 0.5) is 23.2 Å². The van der Waals surface area contributed by atoms with Crippen LogP contribution < -0.4 is 5.32 Å². The van der Waals surface area contributed by atoms with Gasteiger partial charge in [-0.15, -0.1) is 0 Å². The van der Waals surface area contributed by atoms with E-state index >= 15 is 0 Å². The number of pyridine rings is 1. The van der Waals surface area contributed by atoms with Gasteiger partial charge >= 0.3 is 6.18 Å². The Hall–Kier alpha value is -4.14. The topological polar surface area (TPSA) is 67.8 Å². The van der Waals surface area contributed by atoms with Gasteiger partial charge in [-0.3, -0.25) is 9.78 Å². The van der Waals surface area contributed by atoms with Gasteiger partial charge in [0.2, 0.25) is 0 Å². The lowest BCUT2D eigenvalue weighted by Gasteiger charge is -2.12. The number of nitrogens with one attached hydrogen (secondary N) is 1. The largest absolute Gasteiger partial charge is 0.416 e. The molecule has 0 radical (unpaired) electrons. The number of anilines is 1. The summed E-state index contributed by atoms with van der Waals surface area (Å²) in [5.41, 5.74) is 0.498. The van der Waals surface area contributed by atoms with Crippen LogP contribution in [-0.2, 0) is 6.18 Å². The molecule has 4 aromatic rings. The van der Waals surface area contributed by atoms with Crippen LogP contribution in [0.2, 0.25) is 0 Å². The third-order valence-electron chi connectivity index (χ3n) is 4.54. The Labute approximate surface area is 179 Å². The van der Waals surface area contributed by atoms with Crippen molar-refractivity contribution >= 4 is 11.6 Å². The average Bonchev–Trinajstić information content (AvgIpc) is 2.79. The van der Waals surface area contributed by atoms with Crippen molar-refractivity contribution < 1.29 is 22.4 Å². The lowest BCUT2D eigenvalue weighted by atomic mass is 10.1. The molecule has 5 nitrogen and oxygen atoms in total. The summed E-state index contributed by atoms with van der Waals surface area (Å²) < 4.78 is 52.2. The Balaban J connectivity index is 1.73. The number of amides is 1. The Bertz CT molecular complexity index is 1260. The van der Waals surface area contributed by atoms with Gasteiger partial charge in [0, 0.05) is 35.4 Å². The molecule has 1 N–H and O–H groups in total. The van der Waals surface area contributed by atoms with E-state index in [4.69, 9.17) is 0 Å². The number of hydrogen-bond donors (Lipinski definition) is 1. The van der Waals surface area contributed by atoms with Crippen molar-refractivity contribution in [1.82, 2.24) is 15.0 Å². The lowest BCUT2D eigenvalue weighted by molar-refractivity contribution is -0.137. The number of nitrogens with zero attached hydrogens (tertiary/aromatic N) is 3. The standard InChI is InChI=1S/C23H14F4N4O/c24-17-6-4-15(5-7-17)21-29-13-19(20(31-21)14-8-10-28-11-9-14)22(32)30-18-3-1-2-16(12-18)23(25,26)27/h1-13H,(H,30,32). The van der Waals surface area contributed by atoms with Crippen molar-refractivity contribution in [1.29, 1.82) is 0 Å². The van der Waals surface area contributed by atoms with Crippen molar-refractivity contribution in [2.24, 2.45) is 0 Å². The predicted molar refractivity (Wildman–Crippen MR) is 110 cm³/mol. The van der Waals surface area contributed by atoms with Crippen molar-refractivity contribution in [2.75, 3.05) is 5.32 Å². The molecular weight excluding hydrogens is 424 g/mol. The molecule has 0 atom stereocenters. The quantitative estimate of drug-likeness (QED) is 0.420. The minimum Gasteiger partial charge on any atom is -0.322 e. The Kier molecular flexibility index (Phi) is 5.63. The second kappa shape index (κ2) is 8.54. The Morgan fingerprint density at radius 3 is 2.31 bits per heavy atom. The molecular formula is C23H14F4N4O. The van der Waals surface area contributed by atoms with Gasteiger partial charge in [0.1, 0.15) is 5.82 Å². The van der Waals surface area contributed by atoms with Gasteiger partial charge in [0.15, 0.2) is 5.82 Å². The SMILES string of the molecule is O=C(Nc1cccc(C(F)(F)F)c1)c1cnc(-c2ccc(F)cc2)nc1-c1ccncc1. The van der Waals surface area contributed by atoms with E-state index in [2.05, 4.69) is 20.3 Å². The highest BCUT2D eigenvalue weighted by Crippen LogP contribution is 2.31. The van der Waals surface area contributed by atoms with Crippen molar-refractivity contribution in [3.05, 3.63) is 96.2 Å². The van der Waals surface area contributed by atoms with Crippen LogP contribution in [0.5, 0.6) is 0 Å². The maximum Gasteiger partial charge on any atom is 0.416 e. The van der Waals surface area contributed by atoms with Gasteiger partial charge in [-0.05, 0) is 54.6 Å². The zero-order valence-electron chi connectivity index (χ0n) is 16.3. The van der Waals surface area contributed by atoms with Crippen LogP contribution in [0.3, 0.4) is 0 Å². The Morgan fingerprint density at radius 2 is 1.62 bits per heavy atom. The van der Waals surface area contributed by atoms with E-state index in [9.17, 15) is 22.4 Å². The minimum atomic E-state index is -4.54. The van der Waals surface area contributed by atoms with E-state index in [-0.39, 0.29) is 22.8 Å². The third kappa shape index (κ3) is 4.61. The van der Waals surface area contributed by atoms with E-state index in [1.54, 1.807) is 12.1 Å². The summed E-state index contributed by atoms with van der Waals surface area (Å²) in [7, 11) is 0. The molecule has 2 aromatic heterocycles. The number of hydrogen-bond acceptors (Lipinski definition) is 4. The number of carbonyl (C=O) groups is 1. The van der Waals surface area contributed by atoms with Gasteiger partial charge in [0.05, 0.1) is 16.8 Å². The lowest BCUT2D eigenvalue weighted by Crippen LogP contribution is -2.15. The minimum absolute atomic E-state index is 0.0203. The van der Waals surface area contributed by atoms with E-state index in [0.717, 1.165) is 12.1 Å². The molecule has 0 bridgehead atoms. The fourth-order valence-electron chi connectivity index (χ4n) is 2.99. The van der Waals surface area contributed by atoms with Crippen LogP contribution in [0.15, 0.2) is 79.3 Å². The van der Waals surface area contributed by atoms with Crippen molar-refractivity contribution in [3.8, 4) is 22.6 Å². The molecule has 160 valence electrons. The van der Waals surface area contributed by atoms with Gasteiger partial charge in [-0.1, -0.05) is 6.07 Å². The first-order valence-corrected chi connectivity index (χ1v) is 9.33. The van der Waals surface area contributed by atoms with Crippen molar-refractivity contribution in [2.45, 2.75) is 6.18 Å². The molecule has 0 fully saturated rings. The summed E-state index contributed by atoms with van der Waals surface area (Å²) in [6.07, 6.45) is -0.222. The van der Waals surface area contributed by atoms with E-state index in [1.807, 2.05) is 0 Å². The number of halogens is 4. The molecule has 0 aliphatic rings. The molecule has 0 saturated carbocycles. The molecule has 4 rings (SSSR count). The van der Waals surface area contributed by atoms with Crippen LogP contribution in [0.25, 0.3) is 22.6 Å². The number of aromatic nitrogens is 3. The van der Waals surface area contributed by atoms with Crippen molar-refractivity contribution in [3.63, 3.8) is 0 Å². The fraction of sp³-hybridized carbons (Fsp3) is 0.0435. The molecule has 0 unspecified atom stereocenters. The second-order valence-electron chi connectivity index (χ2n) is 6.73. The summed E-state index contributed by atoms with van der Waals surface area (Å²) >= 11 is 0. The Morgan fingerprint density at radius 1 is 0.906 bits per heavy atom. The molecule has 9 heteroatoms. The maximum atomic E-state index is 13.3. The summed E-state index contributed by atoms with van der Waals surface area (Å²) in [6, 6.07) is 13.1. The first-order valence-electron chi connectivity index (χ1n) is 9.33. The number of rotatable bonds is 4. The number of carbonyl (C=O) groups excluding carboxylic acids is 1. The highest BCUT2D eigenvalue weighted by atomic mass is 19.4. The zero-order valence-corrected chi connectivity index (χ0v) is 16.3. The normalized spacial score (nSPS) is 11.2. The molecule has 0 aliphatic carbocycles. The maximum absolute atomic E-state index is 13.3. The van der Waals surface area contributed by atoms with Crippen LogP contribution in [-0.4, -0.2) is 20.9 Å². The molecule has 0 saturated heterocycles. The highest BCUT2D eigenvalue weighted by molar-refractivity contribution is 6.08. The molecule has 0 spiro atoms. The van der Waals surface area contributed by atoms with E-state index in [0.29, 0.717) is 11.1 Å². The van der Waals surface area contributed by atoms with Gasteiger partial charge < -0.3 is 5.32 Å². The summed E-state index contributed by atoms with van der Waals surface area (Å²) in [5, 5.41) is 2.46. The predicted octanol–water partition coefficient (Wildman–Crippen LogP) is 5.62. The number of benzene rings is 2. The van der Waals surface area contributed by atoms with Gasteiger partial charge in [-0.2, -0.15) is 13.2 Å². The highest BCUT2D eigenvalue weighted by Gasteiger charge is 2.30. The summed E-state index contributed by atoms with van der Waals surface area (Å²) in [4.78, 5) is 25.5. The van der Waals surface area contributed by atoms with Crippen LogP contribution >= 0.6 is 0 Å². The zero-order chi connectivity index (χ0) is 22.7. The molecule has 1 amide bonds. The molecule has 2 aromatic carbocycles. The third-order valence-corrected chi connectivity index (χ3v) is 4.54. The van der Waals surface area contributed by atoms with Crippen LogP contribution in [0.1, 0.15) is 15.9 Å². The molecule has 32 heavy (non-hydrogen) atoms. The number of alkyl halides is 3. The van der Waals surface area contributed by atoms with E-state index < -0.39 is 23.5 Å². The summed E-state index contributed by atoms with van der Waals surface area (Å²) in [6.45, 7) is 0. The first kappa shape index (κ1) is 21.1. The fourth-order valence-corrected chi connectivity index (χ4v) is 2.99. The monoisotopic (exact) mass is 438 g/mol. The second-order valence-corrected chi connectivity index (χ2v) is 6.73. The first-order chi connectivity index (χ1) is 15.3. The summed E-state index contributed by atoms with van der Waals surface area (Å²) in [5.74, 6) is -0.839. The molecule has 2 heterocycles. The van der Waals surface area contributed by atoms with E-state index in [1.165, 1.54) is 55.0 Å². The van der Waals surface area contributed by atoms with Crippen LogP contribution in [0, 0.1) is 5.82 Å². The van der Waals surface area contributed by atoms with Gasteiger partial charge in [-0.25, -0.2) is 14.4 Å². The van der Waals surface area contributed by atoms with Gasteiger partial charge in [0.25, 0.3) is 5.91 Å².